The third-order valence-electron chi connectivity index (χ3n) is 5.04. The minimum atomic E-state index is -0.413. The van der Waals surface area contributed by atoms with Gasteiger partial charge in [-0.2, -0.15) is 0 Å². The van der Waals surface area contributed by atoms with Crippen molar-refractivity contribution in [2.75, 3.05) is 23.3 Å². The molecule has 1 aliphatic rings. The van der Waals surface area contributed by atoms with Gasteiger partial charge < -0.3 is 10.2 Å². The van der Waals surface area contributed by atoms with Crippen LogP contribution < -0.4 is 10.2 Å². The topological polar surface area (TPSA) is 63.1 Å². The highest BCUT2D eigenvalue weighted by Crippen LogP contribution is 2.26. The summed E-state index contributed by atoms with van der Waals surface area (Å²) in [6.45, 7) is 5.52. The molecule has 1 amide bonds. The molecule has 144 valence electrons. The molecule has 3 aromatic rings. The molecule has 0 radical (unpaired) electrons. The molecule has 0 aliphatic carbocycles. The van der Waals surface area contributed by atoms with Crippen LogP contribution in [0.1, 0.15) is 34.6 Å². The highest BCUT2D eigenvalue weighted by atomic mass is 19.1. The Morgan fingerprint density at radius 1 is 1.07 bits per heavy atom. The zero-order chi connectivity index (χ0) is 19.7. The maximum Gasteiger partial charge on any atom is 0.278 e. The number of hydrogen-bond acceptors (Lipinski definition) is 4. The molecule has 7 heteroatoms. The smallest absolute Gasteiger partial charge is 0.278 e. The first-order valence-electron chi connectivity index (χ1n) is 9.38. The zero-order valence-electron chi connectivity index (χ0n) is 15.9. The monoisotopic (exact) mass is 379 g/mol. The Bertz CT molecular complexity index is 1010. The maximum atomic E-state index is 14.5. The van der Waals surface area contributed by atoms with Gasteiger partial charge in [0.25, 0.3) is 5.91 Å². The summed E-state index contributed by atoms with van der Waals surface area (Å²) in [6, 6.07) is 12.6. The molecule has 0 unspecified atom stereocenters. The predicted octanol–water partition coefficient (Wildman–Crippen LogP) is 3.88. The first-order chi connectivity index (χ1) is 13.5. The van der Waals surface area contributed by atoms with E-state index in [0.29, 0.717) is 17.1 Å². The lowest BCUT2D eigenvalue weighted by molar-refractivity contribution is 0.102. The molecule has 28 heavy (non-hydrogen) atoms. The highest BCUT2D eigenvalue weighted by Gasteiger charge is 2.19. The van der Waals surface area contributed by atoms with E-state index in [9.17, 15) is 9.18 Å². The Labute approximate surface area is 163 Å². The molecule has 0 spiro atoms. The normalized spacial score (nSPS) is 13.8. The van der Waals surface area contributed by atoms with Gasteiger partial charge in [-0.3, -0.25) is 4.79 Å². The van der Waals surface area contributed by atoms with Crippen molar-refractivity contribution in [2.24, 2.45) is 0 Å². The second kappa shape index (κ2) is 7.42. The fourth-order valence-corrected chi connectivity index (χ4v) is 3.46. The maximum absolute atomic E-state index is 14.5. The molecule has 1 saturated heterocycles. The quantitative estimate of drug-likeness (QED) is 0.747. The minimum Gasteiger partial charge on any atom is -0.369 e. The lowest BCUT2D eigenvalue weighted by atomic mass is 10.2. The van der Waals surface area contributed by atoms with E-state index in [-0.39, 0.29) is 11.5 Å². The number of anilines is 2. The number of nitrogens with one attached hydrogen (secondary N) is 1. The molecule has 2 aromatic carbocycles. The van der Waals surface area contributed by atoms with Gasteiger partial charge in [0.2, 0.25) is 0 Å². The molecule has 0 atom stereocenters. The van der Waals surface area contributed by atoms with Crippen LogP contribution in [0.5, 0.6) is 0 Å². The second-order valence-electron chi connectivity index (χ2n) is 7.09. The fraction of sp³-hybridized carbons (Fsp3) is 0.286. The molecule has 0 saturated carbocycles. The molecule has 1 fully saturated rings. The summed E-state index contributed by atoms with van der Waals surface area (Å²) in [7, 11) is 0. The van der Waals surface area contributed by atoms with Gasteiger partial charge in [0, 0.05) is 18.8 Å². The molecule has 0 bridgehead atoms. The van der Waals surface area contributed by atoms with Crippen molar-refractivity contribution >= 4 is 17.3 Å². The van der Waals surface area contributed by atoms with Crippen LogP contribution >= 0.6 is 0 Å². The van der Waals surface area contributed by atoms with Gasteiger partial charge in [0.05, 0.1) is 17.1 Å². The van der Waals surface area contributed by atoms with Crippen molar-refractivity contribution in [1.82, 2.24) is 15.0 Å². The number of amides is 1. The molecule has 1 aromatic heterocycles. The molecular formula is C21H22FN5O. The molecule has 6 nitrogen and oxygen atoms in total. The van der Waals surface area contributed by atoms with Crippen LogP contribution in [0.15, 0.2) is 42.5 Å². The number of rotatable bonds is 4. The van der Waals surface area contributed by atoms with Crippen LogP contribution in [0.2, 0.25) is 0 Å². The van der Waals surface area contributed by atoms with Crippen molar-refractivity contribution in [3.63, 3.8) is 0 Å². The van der Waals surface area contributed by atoms with Gasteiger partial charge in [0.15, 0.2) is 5.69 Å². The Morgan fingerprint density at radius 2 is 1.79 bits per heavy atom. The van der Waals surface area contributed by atoms with Crippen LogP contribution in [0.3, 0.4) is 0 Å². The molecule has 2 heterocycles. The van der Waals surface area contributed by atoms with Crippen LogP contribution in [-0.4, -0.2) is 34.0 Å². The lowest BCUT2D eigenvalue weighted by Crippen LogP contribution is -2.19. The molecule has 1 N–H and O–H groups in total. The number of halogens is 1. The standard InChI is InChI=1S/C21H22FN5O/c1-14-5-8-17(9-6-14)27-15(2)20(24-25-27)21(28)23-16-7-10-19(18(22)13-16)26-11-3-4-12-26/h5-10,13H,3-4,11-12H2,1-2H3,(H,23,28). The summed E-state index contributed by atoms with van der Waals surface area (Å²) in [4.78, 5) is 14.7. The van der Waals surface area contributed by atoms with E-state index in [1.165, 1.54) is 6.07 Å². The van der Waals surface area contributed by atoms with E-state index in [2.05, 4.69) is 15.6 Å². The van der Waals surface area contributed by atoms with Crippen molar-refractivity contribution in [3.8, 4) is 5.69 Å². The Hall–Kier alpha value is -3.22. The first-order valence-corrected chi connectivity index (χ1v) is 9.38. The van der Waals surface area contributed by atoms with Crippen molar-refractivity contribution in [2.45, 2.75) is 26.7 Å². The Balaban J connectivity index is 1.52. The van der Waals surface area contributed by atoms with Crippen molar-refractivity contribution in [1.29, 1.82) is 0 Å². The molecular weight excluding hydrogens is 357 g/mol. The third-order valence-corrected chi connectivity index (χ3v) is 5.04. The second-order valence-corrected chi connectivity index (χ2v) is 7.09. The molecule has 1 aliphatic heterocycles. The van der Waals surface area contributed by atoms with Crippen molar-refractivity contribution in [3.05, 3.63) is 65.2 Å². The number of carbonyl (C=O) groups is 1. The number of aryl methyl sites for hydroxylation is 1. The lowest BCUT2D eigenvalue weighted by Gasteiger charge is -2.18. The highest BCUT2D eigenvalue weighted by molar-refractivity contribution is 6.03. The van der Waals surface area contributed by atoms with Crippen molar-refractivity contribution < 1.29 is 9.18 Å². The number of benzene rings is 2. The van der Waals surface area contributed by atoms with Crippen LogP contribution in [0.4, 0.5) is 15.8 Å². The largest absolute Gasteiger partial charge is 0.369 e. The van der Waals surface area contributed by atoms with E-state index in [0.717, 1.165) is 37.2 Å². The Morgan fingerprint density at radius 3 is 2.46 bits per heavy atom. The van der Waals surface area contributed by atoms with Gasteiger partial charge in [-0.05, 0) is 57.0 Å². The van der Waals surface area contributed by atoms with Gasteiger partial charge >= 0.3 is 0 Å². The average molecular weight is 379 g/mol. The van der Waals surface area contributed by atoms with E-state index in [4.69, 9.17) is 0 Å². The first kappa shape index (κ1) is 18.2. The number of carbonyl (C=O) groups excluding carboxylic acids is 1. The third kappa shape index (κ3) is 3.47. The van der Waals surface area contributed by atoms with E-state index < -0.39 is 5.91 Å². The fourth-order valence-electron chi connectivity index (χ4n) is 3.46. The van der Waals surface area contributed by atoms with Crippen LogP contribution in [0, 0.1) is 19.7 Å². The minimum absolute atomic E-state index is 0.213. The summed E-state index contributed by atoms with van der Waals surface area (Å²) in [5.41, 5.74) is 3.78. The summed E-state index contributed by atoms with van der Waals surface area (Å²) < 4.78 is 16.1. The van der Waals surface area contributed by atoms with Gasteiger partial charge in [0.1, 0.15) is 5.82 Å². The van der Waals surface area contributed by atoms with E-state index >= 15 is 0 Å². The summed E-state index contributed by atoms with van der Waals surface area (Å²) in [6.07, 6.45) is 2.15. The van der Waals surface area contributed by atoms with E-state index in [1.54, 1.807) is 23.7 Å². The van der Waals surface area contributed by atoms with Gasteiger partial charge in [-0.15, -0.1) is 5.10 Å². The average Bonchev–Trinajstić information content (AvgIpc) is 3.33. The number of aromatic nitrogens is 3. The van der Waals surface area contributed by atoms with E-state index in [1.807, 2.05) is 36.1 Å². The zero-order valence-corrected chi connectivity index (χ0v) is 15.9. The number of nitrogens with zero attached hydrogens (tertiary/aromatic N) is 4. The number of hydrogen-bond donors (Lipinski definition) is 1. The summed E-state index contributed by atoms with van der Waals surface area (Å²) in [5.74, 6) is -0.746. The van der Waals surface area contributed by atoms with Crippen LogP contribution in [-0.2, 0) is 0 Å². The van der Waals surface area contributed by atoms with Gasteiger partial charge in [-0.25, -0.2) is 9.07 Å². The molecule has 4 rings (SSSR count). The Kier molecular flexibility index (Phi) is 4.81. The summed E-state index contributed by atoms with van der Waals surface area (Å²) in [5, 5.41) is 10.8. The SMILES string of the molecule is Cc1ccc(-n2nnc(C(=O)Nc3ccc(N4CCCC4)c(F)c3)c2C)cc1. The van der Waals surface area contributed by atoms with Gasteiger partial charge in [-0.1, -0.05) is 22.9 Å². The van der Waals surface area contributed by atoms with Crippen LogP contribution in [0.25, 0.3) is 5.69 Å². The predicted molar refractivity (Wildman–Crippen MR) is 107 cm³/mol. The summed E-state index contributed by atoms with van der Waals surface area (Å²) >= 11 is 0.